The van der Waals surface area contributed by atoms with Crippen LogP contribution in [0.2, 0.25) is 0 Å². The van der Waals surface area contributed by atoms with Gasteiger partial charge >= 0.3 is 0 Å². The van der Waals surface area contributed by atoms with Crippen LogP contribution in [-0.4, -0.2) is 26.8 Å². The highest BCUT2D eigenvalue weighted by Crippen LogP contribution is 2.28. The molecule has 1 aromatic heterocycles. The van der Waals surface area contributed by atoms with Gasteiger partial charge in [-0.05, 0) is 38.0 Å². The molecule has 17 heavy (non-hydrogen) atoms. The lowest BCUT2D eigenvalue weighted by atomic mass is 10.1. The van der Waals surface area contributed by atoms with E-state index in [1.807, 2.05) is 26.0 Å². The molecule has 0 fully saturated rings. The predicted molar refractivity (Wildman–Crippen MR) is 66.0 cm³/mol. The first-order valence-corrected chi connectivity index (χ1v) is 5.58. The molecule has 0 aliphatic carbocycles. The summed E-state index contributed by atoms with van der Waals surface area (Å²) in [6.45, 7) is 3.95. The number of imidazole rings is 1. The fraction of sp³-hybridized carbons (Fsp3) is 0.308. The summed E-state index contributed by atoms with van der Waals surface area (Å²) in [5, 5.41) is 18.8. The number of aliphatic hydroxyl groups excluding tert-OH is 1. The quantitative estimate of drug-likeness (QED) is 0.757. The molecule has 4 nitrogen and oxygen atoms in total. The molecule has 0 radical (unpaired) electrons. The van der Waals surface area contributed by atoms with E-state index in [2.05, 4.69) is 9.97 Å². The number of aromatic hydroxyl groups is 1. The van der Waals surface area contributed by atoms with Gasteiger partial charge in [-0.25, -0.2) is 4.98 Å². The zero-order chi connectivity index (χ0) is 12.4. The van der Waals surface area contributed by atoms with Crippen LogP contribution in [-0.2, 0) is 6.42 Å². The molecule has 1 heterocycles. The van der Waals surface area contributed by atoms with Gasteiger partial charge in [-0.15, -0.1) is 0 Å². The summed E-state index contributed by atoms with van der Waals surface area (Å²) in [5.41, 5.74) is 3.52. The van der Waals surface area contributed by atoms with E-state index in [1.54, 1.807) is 6.07 Å². The Morgan fingerprint density at radius 2 is 2.06 bits per heavy atom. The molecule has 1 aromatic carbocycles. The van der Waals surface area contributed by atoms with Crippen molar-refractivity contribution in [2.75, 3.05) is 6.61 Å². The summed E-state index contributed by atoms with van der Waals surface area (Å²) >= 11 is 0. The molecule has 0 saturated carbocycles. The monoisotopic (exact) mass is 232 g/mol. The third-order valence-electron chi connectivity index (χ3n) is 2.85. The van der Waals surface area contributed by atoms with Crippen molar-refractivity contribution in [2.45, 2.75) is 20.3 Å². The summed E-state index contributed by atoms with van der Waals surface area (Å²) in [4.78, 5) is 7.48. The van der Waals surface area contributed by atoms with E-state index in [4.69, 9.17) is 5.11 Å². The Bertz CT molecular complexity index is 513. The molecular formula is C13H16N2O2. The van der Waals surface area contributed by atoms with Gasteiger partial charge in [0, 0.05) is 12.3 Å². The van der Waals surface area contributed by atoms with Crippen LogP contribution in [0.15, 0.2) is 18.2 Å². The first-order chi connectivity index (χ1) is 8.11. The Labute approximate surface area is 100.0 Å². The second kappa shape index (κ2) is 4.59. The molecule has 0 bridgehead atoms. The molecule has 4 heteroatoms. The van der Waals surface area contributed by atoms with Gasteiger partial charge in [0.1, 0.15) is 11.6 Å². The van der Waals surface area contributed by atoms with Gasteiger partial charge in [0.15, 0.2) is 0 Å². The normalized spacial score (nSPS) is 10.8. The molecule has 0 spiro atoms. The lowest BCUT2D eigenvalue weighted by Crippen LogP contribution is -1.91. The second-order valence-corrected chi connectivity index (χ2v) is 4.12. The molecule has 0 unspecified atom stereocenters. The zero-order valence-electron chi connectivity index (χ0n) is 9.99. The van der Waals surface area contributed by atoms with Gasteiger partial charge in [0.05, 0.1) is 11.3 Å². The van der Waals surface area contributed by atoms with Gasteiger partial charge in [0.2, 0.25) is 0 Å². The minimum Gasteiger partial charge on any atom is -0.507 e. The first-order valence-electron chi connectivity index (χ1n) is 5.58. The average molecular weight is 232 g/mol. The van der Waals surface area contributed by atoms with Crippen molar-refractivity contribution < 1.29 is 10.2 Å². The van der Waals surface area contributed by atoms with E-state index in [9.17, 15) is 5.11 Å². The molecule has 3 N–H and O–H groups in total. The topological polar surface area (TPSA) is 69.1 Å². The van der Waals surface area contributed by atoms with E-state index in [0.717, 1.165) is 17.0 Å². The van der Waals surface area contributed by atoms with Crippen molar-refractivity contribution in [1.29, 1.82) is 0 Å². The molecule has 0 aliphatic heterocycles. The second-order valence-electron chi connectivity index (χ2n) is 4.12. The third-order valence-corrected chi connectivity index (χ3v) is 2.85. The number of nitrogens with one attached hydrogen (secondary N) is 1. The number of aliphatic hydroxyl groups is 1. The number of phenols is 1. The van der Waals surface area contributed by atoms with Crippen LogP contribution in [0.5, 0.6) is 5.75 Å². The number of aryl methyl sites for hydroxylation is 2. The van der Waals surface area contributed by atoms with Gasteiger partial charge in [-0.2, -0.15) is 0 Å². The molecular weight excluding hydrogens is 216 g/mol. The molecule has 0 aliphatic rings. The molecule has 2 aromatic rings. The maximum Gasteiger partial charge on any atom is 0.141 e. The average Bonchev–Trinajstić information content (AvgIpc) is 2.59. The largest absolute Gasteiger partial charge is 0.507 e. The lowest BCUT2D eigenvalue weighted by molar-refractivity contribution is 0.299. The minimum absolute atomic E-state index is 0.0811. The van der Waals surface area contributed by atoms with Crippen molar-refractivity contribution in [3.8, 4) is 17.1 Å². The Morgan fingerprint density at radius 1 is 1.29 bits per heavy atom. The van der Waals surface area contributed by atoms with E-state index in [0.29, 0.717) is 17.8 Å². The van der Waals surface area contributed by atoms with E-state index >= 15 is 0 Å². The van der Waals surface area contributed by atoms with E-state index in [-0.39, 0.29) is 12.4 Å². The van der Waals surface area contributed by atoms with Crippen LogP contribution in [0.25, 0.3) is 11.4 Å². The highest BCUT2D eigenvalue weighted by atomic mass is 16.3. The minimum atomic E-state index is 0.0811. The fourth-order valence-electron chi connectivity index (χ4n) is 1.74. The van der Waals surface area contributed by atoms with Crippen molar-refractivity contribution in [1.82, 2.24) is 9.97 Å². The SMILES string of the molecule is Cc1nc(-c2ccc(CCO)cc2O)[nH]c1C. The van der Waals surface area contributed by atoms with Crippen LogP contribution >= 0.6 is 0 Å². The number of hydrogen-bond donors (Lipinski definition) is 3. The van der Waals surface area contributed by atoms with E-state index in [1.165, 1.54) is 0 Å². The summed E-state index contributed by atoms with van der Waals surface area (Å²) in [6, 6.07) is 5.37. The van der Waals surface area contributed by atoms with Crippen LogP contribution in [0.1, 0.15) is 17.0 Å². The Balaban J connectivity index is 2.39. The van der Waals surface area contributed by atoms with Gasteiger partial charge in [0.25, 0.3) is 0 Å². The summed E-state index contributed by atoms with van der Waals surface area (Å²) in [5.74, 6) is 0.859. The molecule has 0 atom stereocenters. The number of H-pyrrole nitrogens is 1. The Kier molecular flexibility index (Phi) is 3.15. The molecule has 90 valence electrons. The number of aromatic nitrogens is 2. The van der Waals surface area contributed by atoms with Gasteiger partial charge in [-0.3, -0.25) is 0 Å². The Morgan fingerprint density at radius 3 is 2.59 bits per heavy atom. The van der Waals surface area contributed by atoms with Crippen molar-refractivity contribution in [2.24, 2.45) is 0 Å². The molecule has 0 amide bonds. The molecule has 0 saturated heterocycles. The summed E-state index contributed by atoms with van der Waals surface area (Å²) < 4.78 is 0. The maximum atomic E-state index is 9.93. The van der Waals surface area contributed by atoms with Crippen LogP contribution in [0.3, 0.4) is 0 Å². The van der Waals surface area contributed by atoms with E-state index < -0.39 is 0 Å². The smallest absolute Gasteiger partial charge is 0.141 e. The van der Waals surface area contributed by atoms with Crippen molar-refractivity contribution in [3.05, 3.63) is 35.2 Å². The highest BCUT2D eigenvalue weighted by Gasteiger charge is 2.10. The standard InChI is InChI=1S/C13H16N2O2/c1-8-9(2)15-13(14-8)11-4-3-10(5-6-16)7-12(11)17/h3-4,7,16-17H,5-6H2,1-2H3,(H,14,15). The van der Waals surface area contributed by atoms with Crippen molar-refractivity contribution >= 4 is 0 Å². The van der Waals surface area contributed by atoms with Gasteiger partial charge < -0.3 is 15.2 Å². The van der Waals surface area contributed by atoms with Crippen LogP contribution in [0.4, 0.5) is 0 Å². The number of nitrogens with zero attached hydrogens (tertiary/aromatic N) is 1. The van der Waals surface area contributed by atoms with Crippen LogP contribution in [0, 0.1) is 13.8 Å². The number of hydrogen-bond acceptors (Lipinski definition) is 3. The summed E-state index contributed by atoms with van der Waals surface area (Å²) in [6.07, 6.45) is 0.546. The third kappa shape index (κ3) is 2.31. The first kappa shape index (κ1) is 11.7. The van der Waals surface area contributed by atoms with Gasteiger partial charge in [-0.1, -0.05) is 6.07 Å². The number of phenolic OH excluding ortho intramolecular Hbond substituents is 1. The predicted octanol–water partition coefficient (Wildman–Crippen LogP) is 1.93. The fourth-order valence-corrected chi connectivity index (χ4v) is 1.74. The summed E-state index contributed by atoms with van der Waals surface area (Å²) in [7, 11) is 0. The number of aromatic amines is 1. The maximum absolute atomic E-state index is 9.93. The highest BCUT2D eigenvalue weighted by molar-refractivity contribution is 5.65. The van der Waals surface area contributed by atoms with Crippen molar-refractivity contribution in [3.63, 3.8) is 0 Å². The zero-order valence-corrected chi connectivity index (χ0v) is 9.99. The number of rotatable bonds is 3. The van der Waals surface area contributed by atoms with Crippen LogP contribution < -0.4 is 0 Å². The lowest BCUT2D eigenvalue weighted by Gasteiger charge is -2.04. The molecule has 2 rings (SSSR count). The Hall–Kier alpha value is -1.81. The number of benzene rings is 1.